The van der Waals surface area contributed by atoms with Gasteiger partial charge in [0.1, 0.15) is 0 Å². The van der Waals surface area contributed by atoms with Gasteiger partial charge in [-0.3, -0.25) is 4.90 Å². The molecule has 120 valence electrons. The molecule has 0 aliphatic carbocycles. The Kier molecular flexibility index (Phi) is 6.45. The summed E-state index contributed by atoms with van der Waals surface area (Å²) >= 11 is 11.7. The number of benzene rings is 1. The lowest BCUT2D eigenvalue weighted by molar-refractivity contribution is 0.181. The van der Waals surface area contributed by atoms with Crippen molar-refractivity contribution in [3.63, 3.8) is 0 Å². The molecule has 0 aliphatic heterocycles. The molecule has 22 heavy (non-hydrogen) atoms. The van der Waals surface area contributed by atoms with Crippen molar-refractivity contribution < 1.29 is 14.3 Å². The quantitative estimate of drug-likeness (QED) is 0.626. The zero-order valence-electron chi connectivity index (χ0n) is 12.6. The van der Waals surface area contributed by atoms with Gasteiger partial charge in [0, 0.05) is 26.8 Å². The van der Waals surface area contributed by atoms with Crippen LogP contribution in [0.4, 0.5) is 15.3 Å². The highest BCUT2D eigenvalue weighted by molar-refractivity contribution is 6.42. The Hall–Kier alpha value is -1.99. The van der Waals surface area contributed by atoms with Crippen molar-refractivity contribution in [2.45, 2.75) is 0 Å². The van der Waals surface area contributed by atoms with Crippen LogP contribution in [0.3, 0.4) is 0 Å². The number of hydrogen-bond acceptors (Lipinski definition) is 3. The number of aliphatic imine (C=N–C) groups is 1. The molecule has 0 fully saturated rings. The first-order chi connectivity index (χ1) is 10.3. The number of carbonyl (C=O) groups excluding carboxylic acids is 2. The first-order valence-corrected chi connectivity index (χ1v) is 6.85. The molecular weight excluding hydrogens is 331 g/mol. The van der Waals surface area contributed by atoms with Crippen LogP contribution in [0.15, 0.2) is 23.2 Å². The number of nitrogens with zero attached hydrogens (tertiary/aromatic N) is 3. The molecule has 9 heteroatoms. The number of methoxy groups -OCH3 is 1. The third-order valence-electron chi connectivity index (χ3n) is 2.54. The topological polar surface area (TPSA) is 74.2 Å². The summed E-state index contributed by atoms with van der Waals surface area (Å²) < 4.78 is 4.46. The molecule has 1 rings (SSSR count). The molecule has 7 nitrogen and oxygen atoms in total. The van der Waals surface area contributed by atoms with Crippen molar-refractivity contribution in [1.82, 2.24) is 9.80 Å². The van der Waals surface area contributed by atoms with Crippen LogP contribution in [0, 0.1) is 0 Å². The van der Waals surface area contributed by atoms with Crippen LogP contribution in [0.5, 0.6) is 0 Å². The molecule has 0 aromatic heterocycles. The van der Waals surface area contributed by atoms with Crippen molar-refractivity contribution in [3.05, 3.63) is 28.2 Å². The van der Waals surface area contributed by atoms with Crippen molar-refractivity contribution in [3.8, 4) is 0 Å². The number of carbonyl (C=O) groups is 2. The van der Waals surface area contributed by atoms with Crippen LogP contribution in [0.1, 0.15) is 0 Å². The summed E-state index contributed by atoms with van der Waals surface area (Å²) in [6, 6.07) is 4.18. The fourth-order valence-electron chi connectivity index (χ4n) is 1.47. The van der Waals surface area contributed by atoms with E-state index in [2.05, 4.69) is 15.0 Å². The van der Waals surface area contributed by atoms with Crippen molar-refractivity contribution in [2.75, 3.05) is 33.6 Å². The van der Waals surface area contributed by atoms with Gasteiger partial charge in [-0.2, -0.15) is 0 Å². The molecule has 0 atom stereocenters. The Morgan fingerprint density at radius 1 is 1.18 bits per heavy atom. The van der Waals surface area contributed by atoms with E-state index < -0.39 is 12.1 Å². The molecule has 0 heterocycles. The Morgan fingerprint density at radius 3 is 2.32 bits per heavy atom. The van der Waals surface area contributed by atoms with E-state index in [1.807, 2.05) is 0 Å². The van der Waals surface area contributed by atoms with Crippen LogP contribution in [-0.4, -0.2) is 56.1 Å². The van der Waals surface area contributed by atoms with E-state index in [1.54, 1.807) is 26.2 Å². The number of anilines is 1. The normalized spacial score (nSPS) is 10.9. The largest absolute Gasteiger partial charge is 0.451 e. The minimum absolute atomic E-state index is 0.115. The van der Waals surface area contributed by atoms with Gasteiger partial charge in [-0.25, -0.2) is 9.59 Å². The predicted octanol–water partition coefficient (Wildman–Crippen LogP) is 3.14. The average molecular weight is 347 g/mol. The van der Waals surface area contributed by atoms with Gasteiger partial charge >= 0.3 is 12.1 Å². The number of guanidine groups is 1. The minimum Gasteiger partial charge on any atom is -0.451 e. The van der Waals surface area contributed by atoms with Crippen molar-refractivity contribution in [2.24, 2.45) is 4.99 Å². The number of halogens is 2. The molecule has 0 aliphatic rings. The summed E-state index contributed by atoms with van der Waals surface area (Å²) in [6.07, 6.45) is -0.808. The molecule has 1 aromatic rings. The second kappa shape index (κ2) is 7.86. The van der Waals surface area contributed by atoms with E-state index in [1.165, 1.54) is 30.0 Å². The molecule has 0 radical (unpaired) electrons. The van der Waals surface area contributed by atoms with E-state index in [0.29, 0.717) is 15.7 Å². The van der Waals surface area contributed by atoms with E-state index >= 15 is 0 Å². The highest BCUT2D eigenvalue weighted by Gasteiger charge is 2.19. The summed E-state index contributed by atoms with van der Waals surface area (Å²) in [7, 11) is 5.96. The van der Waals surface area contributed by atoms with Gasteiger partial charge in [0.15, 0.2) is 0 Å². The SMILES string of the molecule is COC(=O)N=C(N(C)C)N(C)C(=O)Nc1ccc(Cl)c(Cl)c1. The summed E-state index contributed by atoms with van der Waals surface area (Å²) in [5.74, 6) is 0.115. The number of hydrogen-bond donors (Lipinski definition) is 1. The monoisotopic (exact) mass is 346 g/mol. The van der Waals surface area contributed by atoms with Crippen LogP contribution in [-0.2, 0) is 4.74 Å². The fourth-order valence-corrected chi connectivity index (χ4v) is 1.77. The third-order valence-corrected chi connectivity index (χ3v) is 3.28. The van der Waals surface area contributed by atoms with Gasteiger partial charge in [-0.15, -0.1) is 4.99 Å². The first-order valence-electron chi connectivity index (χ1n) is 6.10. The fraction of sp³-hybridized carbons (Fsp3) is 0.308. The maximum atomic E-state index is 12.2. The van der Waals surface area contributed by atoms with E-state index in [4.69, 9.17) is 23.2 Å². The van der Waals surface area contributed by atoms with E-state index in [9.17, 15) is 9.59 Å². The zero-order valence-corrected chi connectivity index (χ0v) is 14.1. The standard InChI is InChI=1S/C13H16Cl2N4O3/c1-18(2)11(17-13(21)22-4)19(3)12(20)16-8-5-6-9(14)10(15)7-8/h5-7H,1-4H3,(H,16,20). The van der Waals surface area contributed by atoms with Gasteiger partial charge in [0.05, 0.1) is 17.2 Å². The Bertz CT molecular complexity index is 605. The number of ether oxygens (including phenoxy) is 1. The summed E-state index contributed by atoms with van der Waals surface area (Å²) in [4.78, 5) is 29.8. The number of nitrogens with one attached hydrogen (secondary N) is 1. The summed E-state index contributed by atoms with van der Waals surface area (Å²) in [6.45, 7) is 0. The van der Waals surface area contributed by atoms with Crippen molar-refractivity contribution in [1.29, 1.82) is 0 Å². The second-order valence-electron chi connectivity index (χ2n) is 4.39. The van der Waals surface area contributed by atoms with Crippen LogP contribution < -0.4 is 5.32 Å². The maximum Gasteiger partial charge on any atom is 0.436 e. The van der Waals surface area contributed by atoms with Gasteiger partial charge in [-0.1, -0.05) is 23.2 Å². The van der Waals surface area contributed by atoms with E-state index in [0.717, 1.165) is 0 Å². The average Bonchev–Trinajstić information content (AvgIpc) is 2.47. The maximum absolute atomic E-state index is 12.2. The molecule has 0 saturated carbocycles. The lowest BCUT2D eigenvalue weighted by atomic mass is 10.3. The Morgan fingerprint density at radius 2 is 1.82 bits per heavy atom. The number of amides is 3. The van der Waals surface area contributed by atoms with Crippen molar-refractivity contribution >= 4 is 47.0 Å². The van der Waals surface area contributed by atoms with Crippen LogP contribution in [0.2, 0.25) is 10.0 Å². The highest BCUT2D eigenvalue weighted by atomic mass is 35.5. The number of rotatable bonds is 1. The third kappa shape index (κ3) is 4.78. The summed E-state index contributed by atoms with van der Waals surface area (Å²) in [5.41, 5.74) is 0.461. The lowest BCUT2D eigenvalue weighted by Crippen LogP contribution is -2.44. The number of urea groups is 1. The molecule has 3 amide bonds. The van der Waals surface area contributed by atoms with Gasteiger partial charge in [-0.05, 0) is 18.2 Å². The summed E-state index contributed by atoms with van der Waals surface area (Å²) in [5, 5.41) is 3.32. The predicted molar refractivity (Wildman–Crippen MR) is 86.8 cm³/mol. The van der Waals surface area contributed by atoms with Gasteiger partial charge < -0.3 is 15.0 Å². The Labute approximate surface area is 138 Å². The minimum atomic E-state index is -0.808. The van der Waals surface area contributed by atoms with Crippen LogP contribution in [0.25, 0.3) is 0 Å². The lowest BCUT2D eigenvalue weighted by Gasteiger charge is -2.24. The molecule has 0 bridgehead atoms. The van der Waals surface area contributed by atoms with Gasteiger partial charge in [0.25, 0.3) is 0 Å². The van der Waals surface area contributed by atoms with E-state index in [-0.39, 0.29) is 5.96 Å². The molecule has 1 N–H and O–H groups in total. The second-order valence-corrected chi connectivity index (χ2v) is 5.21. The highest BCUT2D eigenvalue weighted by Crippen LogP contribution is 2.25. The smallest absolute Gasteiger partial charge is 0.436 e. The molecule has 0 unspecified atom stereocenters. The molecule has 0 saturated heterocycles. The first kappa shape index (κ1) is 18.1. The Balaban J connectivity index is 2.92. The van der Waals surface area contributed by atoms with Gasteiger partial charge in [0.2, 0.25) is 5.96 Å². The zero-order chi connectivity index (χ0) is 16.9. The molecule has 1 aromatic carbocycles. The molecule has 0 spiro atoms. The molecular formula is C13H16Cl2N4O3. The van der Waals surface area contributed by atoms with Crippen LogP contribution >= 0.6 is 23.2 Å².